The molecule has 37 heavy (non-hydrogen) atoms. The van der Waals surface area contributed by atoms with Gasteiger partial charge >= 0.3 is 5.97 Å². The number of carbonyl (C=O) groups is 3. The molecule has 8 nitrogen and oxygen atoms in total. The maximum atomic E-state index is 13.0. The summed E-state index contributed by atoms with van der Waals surface area (Å²) in [5.74, 6) is -0.552. The minimum Gasteiger partial charge on any atom is -0.464 e. The Morgan fingerprint density at radius 3 is 2.57 bits per heavy atom. The molecule has 1 fully saturated rings. The number of rotatable bonds is 7. The molecule has 190 valence electrons. The first-order chi connectivity index (χ1) is 18.0. The van der Waals surface area contributed by atoms with Crippen LogP contribution >= 0.6 is 11.3 Å². The van der Waals surface area contributed by atoms with Gasteiger partial charge in [-0.2, -0.15) is 0 Å². The third-order valence-corrected chi connectivity index (χ3v) is 7.46. The summed E-state index contributed by atoms with van der Waals surface area (Å²) in [4.78, 5) is 44.8. The lowest BCUT2D eigenvalue weighted by molar-refractivity contribution is -0.145. The number of hydrogen-bond acceptors (Lipinski definition) is 7. The van der Waals surface area contributed by atoms with Crippen LogP contribution in [0.2, 0.25) is 0 Å². The molecule has 2 aromatic carbocycles. The Kier molecular flexibility index (Phi) is 7.32. The van der Waals surface area contributed by atoms with E-state index in [4.69, 9.17) is 9.15 Å². The monoisotopic (exact) mass is 517 g/mol. The number of furan rings is 1. The molecule has 4 aromatic rings. The van der Waals surface area contributed by atoms with Crippen molar-refractivity contribution < 1.29 is 23.5 Å². The van der Waals surface area contributed by atoms with Gasteiger partial charge in [0, 0.05) is 29.8 Å². The fourth-order valence-electron chi connectivity index (χ4n) is 4.51. The van der Waals surface area contributed by atoms with Gasteiger partial charge in [0.25, 0.3) is 11.8 Å². The zero-order chi connectivity index (χ0) is 25.8. The van der Waals surface area contributed by atoms with Crippen molar-refractivity contribution >= 4 is 40.1 Å². The van der Waals surface area contributed by atoms with Gasteiger partial charge in [-0.05, 0) is 37.5 Å². The van der Waals surface area contributed by atoms with Crippen LogP contribution in [0.15, 0.2) is 70.5 Å². The van der Waals surface area contributed by atoms with Crippen LogP contribution in [0, 0.1) is 0 Å². The first kappa shape index (κ1) is 24.7. The SMILES string of the molecule is CCOC(=O)C(NC(=O)c1csc(C2CCN(C(=O)c3cc4ccccc4o3)CC2)n1)c1ccccc1. The van der Waals surface area contributed by atoms with Crippen molar-refractivity contribution in [3.05, 3.63) is 88.1 Å². The molecule has 0 radical (unpaired) electrons. The quantitative estimate of drug-likeness (QED) is 0.348. The second-order valence-corrected chi connectivity index (χ2v) is 9.74. The predicted octanol–water partition coefficient (Wildman–Crippen LogP) is 4.94. The van der Waals surface area contributed by atoms with Crippen LogP contribution in [0.5, 0.6) is 0 Å². The Morgan fingerprint density at radius 1 is 1.11 bits per heavy atom. The molecule has 1 N–H and O–H groups in total. The van der Waals surface area contributed by atoms with E-state index in [9.17, 15) is 14.4 Å². The predicted molar refractivity (Wildman–Crippen MR) is 139 cm³/mol. The van der Waals surface area contributed by atoms with E-state index in [-0.39, 0.29) is 24.1 Å². The Balaban J connectivity index is 1.21. The van der Waals surface area contributed by atoms with Gasteiger partial charge in [-0.15, -0.1) is 11.3 Å². The van der Waals surface area contributed by atoms with Gasteiger partial charge in [0.2, 0.25) is 0 Å². The van der Waals surface area contributed by atoms with Gasteiger partial charge < -0.3 is 19.4 Å². The molecule has 1 atom stereocenters. The number of amides is 2. The van der Waals surface area contributed by atoms with E-state index >= 15 is 0 Å². The number of carbonyl (C=O) groups excluding carboxylic acids is 3. The summed E-state index contributed by atoms with van der Waals surface area (Å²) in [7, 11) is 0. The maximum Gasteiger partial charge on any atom is 0.333 e. The average Bonchev–Trinajstić information content (AvgIpc) is 3.60. The Morgan fingerprint density at radius 2 is 1.84 bits per heavy atom. The van der Waals surface area contributed by atoms with Gasteiger partial charge in [-0.1, -0.05) is 48.5 Å². The van der Waals surface area contributed by atoms with Gasteiger partial charge in [0.15, 0.2) is 11.8 Å². The summed E-state index contributed by atoms with van der Waals surface area (Å²) >= 11 is 1.42. The van der Waals surface area contributed by atoms with Crippen molar-refractivity contribution in [3.63, 3.8) is 0 Å². The molecular weight excluding hydrogens is 490 g/mol. The third-order valence-electron chi connectivity index (χ3n) is 6.45. The van der Waals surface area contributed by atoms with Crippen LogP contribution in [0.1, 0.15) is 63.3 Å². The Labute approximate surface area is 218 Å². The lowest BCUT2D eigenvalue weighted by Crippen LogP contribution is -2.37. The topological polar surface area (TPSA) is 102 Å². The number of para-hydroxylation sites is 1. The largest absolute Gasteiger partial charge is 0.464 e. The van der Waals surface area contributed by atoms with Gasteiger partial charge in [-0.25, -0.2) is 9.78 Å². The number of nitrogens with one attached hydrogen (secondary N) is 1. The summed E-state index contributed by atoms with van der Waals surface area (Å²) in [6.07, 6.45) is 1.49. The van der Waals surface area contributed by atoms with E-state index in [0.717, 1.165) is 23.2 Å². The molecule has 1 aliphatic heterocycles. The van der Waals surface area contributed by atoms with Crippen LogP contribution in [0.25, 0.3) is 11.0 Å². The second kappa shape index (κ2) is 11.0. The zero-order valence-corrected chi connectivity index (χ0v) is 21.2. The summed E-state index contributed by atoms with van der Waals surface area (Å²) in [6.45, 7) is 3.11. The van der Waals surface area contributed by atoms with Crippen LogP contribution in [-0.4, -0.2) is 47.4 Å². The molecule has 0 aliphatic carbocycles. The number of likely N-dealkylation sites (tertiary alicyclic amines) is 1. The highest BCUT2D eigenvalue weighted by Gasteiger charge is 2.29. The number of benzene rings is 2. The average molecular weight is 518 g/mol. The number of esters is 1. The van der Waals surface area contributed by atoms with E-state index in [1.807, 2.05) is 30.3 Å². The summed E-state index contributed by atoms with van der Waals surface area (Å²) in [5.41, 5.74) is 1.61. The van der Waals surface area contributed by atoms with E-state index in [0.29, 0.717) is 30.0 Å². The minimum atomic E-state index is -0.911. The molecule has 0 spiro atoms. The van der Waals surface area contributed by atoms with Crippen molar-refractivity contribution in [3.8, 4) is 0 Å². The molecule has 1 unspecified atom stereocenters. The molecule has 9 heteroatoms. The van der Waals surface area contributed by atoms with E-state index in [1.165, 1.54) is 11.3 Å². The van der Waals surface area contributed by atoms with E-state index in [1.54, 1.807) is 47.5 Å². The number of fused-ring (bicyclic) bond motifs is 1. The number of thiazole rings is 1. The molecule has 2 aromatic heterocycles. The number of piperidine rings is 1. The molecule has 3 heterocycles. The molecule has 1 aliphatic rings. The highest BCUT2D eigenvalue weighted by Crippen LogP contribution is 2.31. The number of hydrogen-bond donors (Lipinski definition) is 1. The first-order valence-corrected chi connectivity index (χ1v) is 13.2. The Bertz CT molecular complexity index is 1370. The van der Waals surface area contributed by atoms with Crippen LogP contribution in [-0.2, 0) is 9.53 Å². The smallest absolute Gasteiger partial charge is 0.333 e. The third kappa shape index (κ3) is 5.41. The number of nitrogens with zero attached hydrogens (tertiary/aromatic N) is 2. The number of ether oxygens (including phenoxy) is 1. The van der Waals surface area contributed by atoms with E-state index < -0.39 is 17.9 Å². The molecule has 1 saturated heterocycles. The lowest BCUT2D eigenvalue weighted by atomic mass is 9.97. The summed E-state index contributed by atoms with van der Waals surface area (Å²) < 4.78 is 10.9. The molecular formula is C28H27N3O5S. The van der Waals surface area contributed by atoms with Crippen molar-refractivity contribution in [2.45, 2.75) is 31.7 Å². The molecule has 2 amide bonds. The van der Waals surface area contributed by atoms with Crippen molar-refractivity contribution in [2.24, 2.45) is 0 Å². The summed E-state index contributed by atoms with van der Waals surface area (Å²) in [5, 5.41) is 6.25. The zero-order valence-electron chi connectivity index (χ0n) is 20.4. The number of aromatic nitrogens is 1. The first-order valence-electron chi connectivity index (χ1n) is 12.3. The Hall–Kier alpha value is -3.98. The van der Waals surface area contributed by atoms with Crippen molar-refractivity contribution in [1.82, 2.24) is 15.2 Å². The summed E-state index contributed by atoms with van der Waals surface area (Å²) in [6, 6.07) is 17.4. The lowest BCUT2D eigenvalue weighted by Gasteiger charge is -2.30. The van der Waals surface area contributed by atoms with Crippen LogP contribution in [0.3, 0.4) is 0 Å². The molecule has 0 bridgehead atoms. The fraction of sp³-hybridized carbons (Fsp3) is 0.286. The van der Waals surface area contributed by atoms with Crippen molar-refractivity contribution in [1.29, 1.82) is 0 Å². The van der Waals surface area contributed by atoms with E-state index in [2.05, 4.69) is 10.3 Å². The van der Waals surface area contributed by atoms with Crippen molar-refractivity contribution in [2.75, 3.05) is 19.7 Å². The maximum absolute atomic E-state index is 13.0. The van der Waals surface area contributed by atoms with Gasteiger partial charge in [-0.3, -0.25) is 9.59 Å². The van der Waals surface area contributed by atoms with Gasteiger partial charge in [0.05, 0.1) is 11.6 Å². The molecule has 5 rings (SSSR count). The standard InChI is InChI=1S/C28H27N3O5S/c1-2-35-28(34)24(18-8-4-3-5-9-18)30-25(32)21-17-37-26(29-21)19-12-14-31(15-13-19)27(33)23-16-20-10-6-7-11-22(20)36-23/h3-11,16-17,19,24H,2,12-15H2,1H3,(H,30,32). The van der Waals surface area contributed by atoms with Gasteiger partial charge in [0.1, 0.15) is 11.3 Å². The second-order valence-electron chi connectivity index (χ2n) is 8.86. The highest BCUT2D eigenvalue weighted by atomic mass is 32.1. The molecule has 0 saturated carbocycles. The van der Waals surface area contributed by atoms with Crippen LogP contribution < -0.4 is 5.32 Å². The van der Waals surface area contributed by atoms with Crippen LogP contribution in [0.4, 0.5) is 0 Å². The minimum absolute atomic E-state index is 0.111. The fourth-order valence-corrected chi connectivity index (χ4v) is 5.48. The highest BCUT2D eigenvalue weighted by molar-refractivity contribution is 7.09. The normalized spacial score (nSPS) is 14.9.